The van der Waals surface area contributed by atoms with Crippen LogP contribution in [0.15, 0.2) is 0 Å². The maximum atomic E-state index is 12.9. The SMILES string of the molecule is CS(=O)(=O)O[C@@H]1CCOC[C@H]1F. The molecule has 0 aromatic carbocycles. The third-order valence-corrected chi connectivity index (χ3v) is 2.12. The highest BCUT2D eigenvalue weighted by atomic mass is 32.2. The predicted molar refractivity (Wildman–Crippen MR) is 40.0 cm³/mol. The zero-order valence-electron chi connectivity index (χ0n) is 6.70. The molecule has 1 aliphatic heterocycles. The van der Waals surface area contributed by atoms with E-state index in [0.29, 0.717) is 6.61 Å². The van der Waals surface area contributed by atoms with Crippen molar-refractivity contribution in [3.05, 3.63) is 0 Å². The lowest BCUT2D eigenvalue weighted by atomic mass is 10.1. The second-order valence-electron chi connectivity index (χ2n) is 2.72. The van der Waals surface area contributed by atoms with Crippen molar-refractivity contribution in [1.82, 2.24) is 0 Å². The Labute approximate surface area is 70.8 Å². The van der Waals surface area contributed by atoms with Crippen LogP contribution in [0.3, 0.4) is 0 Å². The summed E-state index contributed by atoms with van der Waals surface area (Å²) in [7, 11) is -3.55. The van der Waals surface area contributed by atoms with Gasteiger partial charge >= 0.3 is 0 Å². The van der Waals surface area contributed by atoms with E-state index in [-0.39, 0.29) is 13.0 Å². The maximum absolute atomic E-state index is 12.9. The summed E-state index contributed by atoms with van der Waals surface area (Å²) < 4.78 is 43.4. The van der Waals surface area contributed by atoms with Crippen LogP contribution in [0.25, 0.3) is 0 Å². The third-order valence-electron chi connectivity index (χ3n) is 1.53. The van der Waals surface area contributed by atoms with Gasteiger partial charge in [0, 0.05) is 13.0 Å². The van der Waals surface area contributed by atoms with Gasteiger partial charge in [-0.1, -0.05) is 0 Å². The normalized spacial score (nSPS) is 31.8. The average molecular weight is 198 g/mol. The van der Waals surface area contributed by atoms with Crippen LogP contribution in [0.4, 0.5) is 4.39 Å². The minimum Gasteiger partial charge on any atom is -0.378 e. The second kappa shape index (κ2) is 3.68. The van der Waals surface area contributed by atoms with Gasteiger partial charge in [-0.25, -0.2) is 4.39 Å². The second-order valence-corrected chi connectivity index (χ2v) is 4.32. The van der Waals surface area contributed by atoms with Gasteiger partial charge in [-0.3, -0.25) is 4.18 Å². The highest BCUT2D eigenvalue weighted by Gasteiger charge is 2.29. The van der Waals surface area contributed by atoms with Crippen molar-refractivity contribution in [2.45, 2.75) is 18.7 Å². The van der Waals surface area contributed by atoms with E-state index in [0.717, 1.165) is 6.26 Å². The highest BCUT2D eigenvalue weighted by molar-refractivity contribution is 7.86. The Morgan fingerprint density at radius 2 is 2.25 bits per heavy atom. The molecule has 0 spiro atoms. The molecule has 12 heavy (non-hydrogen) atoms. The molecule has 0 N–H and O–H groups in total. The molecule has 1 heterocycles. The molecule has 1 saturated heterocycles. The van der Waals surface area contributed by atoms with Gasteiger partial charge in [0.05, 0.1) is 12.9 Å². The summed E-state index contributed by atoms with van der Waals surface area (Å²) in [5, 5.41) is 0. The van der Waals surface area contributed by atoms with Crippen LogP contribution in [0.1, 0.15) is 6.42 Å². The smallest absolute Gasteiger partial charge is 0.264 e. The average Bonchev–Trinajstić information content (AvgIpc) is 1.91. The number of hydrogen-bond acceptors (Lipinski definition) is 4. The summed E-state index contributed by atoms with van der Waals surface area (Å²) in [6.07, 6.45) is -1.01. The fourth-order valence-corrected chi connectivity index (χ4v) is 1.68. The van der Waals surface area contributed by atoms with E-state index in [1.807, 2.05) is 0 Å². The molecule has 0 saturated carbocycles. The maximum Gasteiger partial charge on any atom is 0.264 e. The Balaban J connectivity index is 2.50. The Bertz CT molecular complexity index is 238. The fourth-order valence-electron chi connectivity index (χ4n) is 1.02. The van der Waals surface area contributed by atoms with Crippen molar-refractivity contribution >= 4 is 10.1 Å². The quantitative estimate of drug-likeness (QED) is 0.590. The highest BCUT2D eigenvalue weighted by Crippen LogP contribution is 2.16. The molecule has 0 bridgehead atoms. The van der Waals surface area contributed by atoms with E-state index in [2.05, 4.69) is 4.18 Å². The molecule has 0 aromatic rings. The Morgan fingerprint density at radius 1 is 1.58 bits per heavy atom. The van der Waals surface area contributed by atoms with Gasteiger partial charge in [0.2, 0.25) is 0 Å². The minimum absolute atomic E-state index is 0.0831. The summed E-state index contributed by atoms with van der Waals surface area (Å²) in [6.45, 7) is 0.265. The van der Waals surface area contributed by atoms with Crippen LogP contribution < -0.4 is 0 Å². The van der Waals surface area contributed by atoms with E-state index >= 15 is 0 Å². The zero-order valence-corrected chi connectivity index (χ0v) is 7.51. The van der Waals surface area contributed by atoms with E-state index in [1.54, 1.807) is 0 Å². The summed E-state index contributed by atoms with van der Waals surface area (Å²) in [5.41, 5.74) is 0. The molecule has 6 heteroatoms. The molecule has 1 rings (SSSR count). The lowest BCUT2D eigenvalue weighted by Gasteiger charge is -2.24. The third kappa shape index (κ3) is 3.04. The number of ether oxygens (including phenoxy) is 1. The number of alkyl halides is 1. The van der Waals surface area contributed by atoms with Crippen LogP contribution in [-0.4, -0.2) is 40.2 Å². The number of hydrogen-bond donors (Lipinski definition) is 0. The topological polar surface area (TPSA) is 52.6 Å². The van der Waals surface area contributed by atoms with Crippen molar-refractivity contribution in [3.8, 4) is 0 Å². The molecule has 2 atom stereocenters. The Hall–Kier alpha value is -0.200. The lowest BCUT2D eigenvalue weighted by Crippen LogP contribution is -2.36. The molecule has 0 unspecified atom stereocenters. The van der Waals surface area contributed by atoms with Crippen LogP contribution in [0.5, 0.6) is 0 Å². The molecule has 1 fully saturated rings. The van der Waals surface area contributed by atoms with Gasteiger partial charge < -0.3 is 4.74 Å². The van der Waals surface area contributed by atoms with Gasteiger partial charge in [0.15, 0.2) is 6.17 Å². The minimum atomic E-state index is -3.55. The number of halogens is 1. The van der Waals surface area contributed by atoms with Gasteiger partial charge in [-0.05, 0) is 0 Å². The van der Waals surface area contributed by atoms with Crippen molar-refractivity contribution in [2.75, 3.05) is 19.5 Å². The van der Waals surface area contributed by atoms with Crippen molar-refractivity contribution < 1.29 is 21.7 Å². The molecule has 4 nitrogen and oxygen atoms in total. The van der Waals surface area contributed by atoms with Crippen molar-refractivity contribution in [1.29, 1.82) is 0 Å². The standard InChI is InChI=1S/C6H11FO4S/c1-12(8,9)11-6-2-3-10-4-5(6)7/h5-6H,2-4H2,1H3/t5-,6-/m1/s1. The van der Waals surface area contributed by atoms with E-state index in [9.17, 15) is 12.8 Å². The molecule has 72 valence electrons. The zero-order chi connectivity index (χ0) is 9.19. The van der Waals surface area contributed by atoms with Gasteiger partial charge in [-0.15, -0.1) is 0 Å². The number of rotatable bonds is 2. The van der Waals surface area contributed by atoms with Gasteiger partial charge in [-0.2, -0.15) is 8.42 Å². The first-order valence-corrected chi connectivity index (χ1v) is 5.41. The first kappa shape index (κ1) is 9.88. The van der Waals surface area contributed by atoms with E-state index in [1.165, 1.54) is 0 Å². The van der Waals surface area contributed by atoms with Crippen molar-refractivity contribution in [3.63, 3.8) is 0 Å². The molecule has 0 aromatic heterocycles. The van der Waals surface area contributed by atoms with Crippen LogP contribution >= 0.6 is 0 Å². The lowest BCUT2D eigenvalue weighted by molar-refractivity contribution is -0.0355. The largest absolute Gasteiger partial charge is 0.378 e. The molecular weight excluding hydrogens is 187 g/mol. The first-order chi connectivity index (χ1) is 5.49. The molecule has 0 radical (unpaired) electrons. The Morgan fingerprint density at radius 3 is 2.75 bits per heavy atom. The van der Waals surface area contributed by atoms with E-state index in [4.69, 9.17) is 4.74 Å². The Kier molecular flexibility index (Phi) is 3.03. The van der Waals surface area contributed by atoms with E-state index < -0.39 is 22.4 Å². The monoisotopic (exact) mass is 198 g/mol. The summed E-state index contributed by atoms with van der Waals surface area (Å²) >= 11 is 0. The molecule has 0 amide bonds. The molecule has 1 aliphatic rings. The van der Waals surface area contributed by atoms with Crippen molar-refractivity contribution in [2.24, 2.45) is 0 Å². The predicted octanol–water partition coefficient (Wildman–Crippen LogP) is 0.0896. The van der Waals surface area contributed by atoms with Gasteiger partial charge in [0.1, 0.15) is 6.10 Å². The summed E-state index contributed by atoms with van der Waals surface area (Å²) in [4.78, 5) is 0. The van der Waals surface area contributed by atoms with Crippen LogP contribution in [0.2, 0.25) is 0 Å². The summed E-state index contributed by atoms with van der Waals surface area (Å²) in [5.74, 6) is 0. The molecule has 0 aliphatic carbocycles. The fraction of sp³-hybridized carbons (Fsp3) is 1.00. The van der Waals surface area contributed by atoms with Gasteiger partial charge in [0.25, 0.3) is 10.1 Å². The van der Waals surface area contributed by atoms with Crippen LogP contribution in [-0.2, 0) is 19.0 Å². The molecular formula is C6H11FO4S. The van der Waals surface area contributed by atoms with Crippen LogP contribution in [0, 0.1) is 0 Å². The first-order valence-electron chi connectivity index (χ1n) is 3.59. The summed E-state index contributed by atoms with van der Waals surface area (Å²) in [6, 6.07) is 0.